The maximum atomic E-state index is 12.5. The molecule has 29 heavy (non-hydrogen) atoms. The van der Waals surface area contributed by atoms with Crippen LogP contribution in [-0.2, 0) is 4.79 Å². The molecule has 0 bridgehead atoms. The molecule has 1 unspecified atom stereocenters. The molecule has 0 fully saturated rings. The molecule has 0 radical (unpaired) electrons. The zero-order valence-electron chi connectivity index (χ0n) is 16.4. The Morgan fingerprint density at radius 1 is 1.31 bits per heavy atom. The van der Waals surface area contributed by atoms with Gasteiger partial charge in [0.25, 0.3) is 5.91 Å². The zero-order valence-corrected chi connectivity index (χ0v) is 16.4. The molecule has 7 heteroatoms. The van der Waals surface area contributed by atoms with Gasteiger partial charge in [-0.25, -0.2) is 4.99 Å². The highest BCUT2D eigenvalue weighted by Crippen LogP contribution is 2.33. The lowest BCUT2D eigenvalue weighted by Gasteiger charge is -2.17. The van der Waals surface area contributed by atoms with Crippen molar-refractivity contribution < 1.29 is 4.79 Å². The van der Waals surface area contributed by atoms with E-state index >= 15 is 0 Å². The fraction of sp³-hybridized carbons (Fsp3) is 0.136. The van der Waals surface area contributed by atoms with E-state index in [9.17, 15) is 4.79 Å². The Morgan fingerprint density at radius 3 is 3.00 bits per heavy atom. The number of nitrogens with two attached hydrogens (primary N) is 1. The number of hydrogen-bond donors (Lipinski definition) is 3. The van der Waals surface area contributed by atoms with E-state index in [2.05, 4.69) is 20.6 Å². The molecule has 148 valence electrons. The highest BCUT2D eigenvalue weighted by atomic mass is 16.2. The Balaban J connectivity index is 1.74. The first-order chi connectivity index (χ1) is 14.1. The van der Waals surface area contributed by atoms with Crippen molar-refractivity contribution in [1.29, 1.82) is 0 Å². The number of nitrogens with zero attached hydrogens (tertiary/aromatic N) is 3. The molecular formula is C22H24N6O. The topological polar surface area (TPSA) is 95.1 Å². The fourth-order valence-electron chi connectivity index (χ4n) is 2.87. The quantitative estimate of drug-likeness (QED) is 0.397. The van der Waals surface area contributed by atoms with Crippen LogP contribution in [0.3, 0.4) is 0 Å². The number of rotatable bonds is 6. The molecule has 1 amide bonds. The second-order valence-corrected chi connectivity index (χ2v) is 6.43. The average Bonchev–Trinajstić information content (AvgIpc) is 2.97. The Hall–Kier alpha value is -3.87. The minimum Gasteiger partial charge on any atom is -0.397 e. The molecule has 1 heterocycles. The highest BCUT2D eigenvalue weighted by molar-refractivity contribution is 6.02. The number of amides is 1. The van der Waals surface area contributed by atoms with Gasteiger partial charge < -0.3 is 21.3 Å². The predicted octanol–water partition coefficient (Wildman–Crippen LogP) is 2.81. The molecule has 2 aliphatic rings. The summed E-state index contributed by atoms with van der Waals surface area (Å²) in [5, 5.41) is 5.61. The molecule has 1 aliphatic heterocycles. The van der Waals surface area contributed by atoms with Crippen LogP contribution in [0.2, 0.25) is 0 Å². The van der Waals surface area contributed by atoms with Gasteiger partial charge in [0.2, 0.25) is 0 Å². The van der Waals surface area contributed by atoms with Crippen molar-refractivity contribution in [3.05, 3.63) is 78.3 Å². The molecule has 0 saturated heterocycles. The monoisotopic (exact) mass is 388 g/mol. The van der Waals surface area contributed by atoms with Gasteiger partial charge in [-0.05, 0) is 23.8 Å². The van der Waals surface area contributed by atoms with Gasteiger partial charge in [0.05, 0.1) is 17.7 Å². The summed E-state index contributed by atoms with van der Waals surface area (Å²) in [6.07, 6.45) is 18.4. The Kier molecular flexibility index (Phi) is 6.42. The summed E-state index contributed by atoms with van der Waals surface area (Å²) in [5.41, 5.74) is 9.32. The van der Waals surface area contributed by atoms with E-state index in [-0.39, 0.29) is 11.8 Å². The third-order valence-electron chi connectivity index (χ3n) is 4.40. The normalized spacial score (nSPS) is 17.7. The van der Waals surface area contributed by atoms with Crippen molar-refractivity contribution in [2.45, 2.75) is 0 Å². The Bertz CT molecular complexity index is 981. The number of carbonyl (C=O) groups excluding carboxylic acids is 1. The number of hydrogen-bond acceptors (Lipinski definition) is 6. The number of aliphatic imine (C=N–C) groups is 2. The summed E-state index contributed by atoms with van der Waals surface area (Å²) in [7, 11) is 3.71. The summed E-state index contributed by atoms with van der Waals surface area (Å²) in [6.45, 7) is 0. The standard InChI is InChI=1S/C22H24N6O/c1-24-11-12-28(2)20-10-6-9-18(23)21(20)26-15-27-22(29)19-13-16-7-4-3-5-8-17(16)14-25-19/h3-15,17,24H,23H2,1-2H3,(H,26,27,29)/b12-11-. The Labute approximate surface area is 170 Å². The van der Waals surface area contributed by atoms with E-state index in [4.69, 9.17) is 5.73 Å². The fourth-order valence-corrected chi connectivity index (χ4v) is 2.87. The van der Waals surface area contributed by atoms with Gasteiger partial charge in [-0.3, -0.25) is 9.79 Å². The van der Waals surface area contributed by atoms with Crippen LogP contribution in [0.1, 0.15) is 0 Å². The van der Waals surface area contributed by atoms with E-state index < -0.39 is 0 Å². The summed E-state index contributed by atoms with van der Waals surface area (Å²) in [5.74, 6) is -0.246. The molecule has 1 aliphatic carbocycles. The van der Waals surface area contributed by atoms with Crippen molar-refractivity contribution in [3.8, 4) is 0 Å². The lowest BCUT2D eigenvalue weighted by atomic mass is 9.97. The zero-order chi connectivity index (χ0) is 20.6. The molecule has 4 N–H and O–H groups in total. The number of para-hydroxylation sites is 1. The lowest BCUT2D eigenvalue weighted by Crippen LogP contribution is -2.24. The summed E-state index contributed by atoms with van der Waals surface area (Å²) < 4.78 is 0. The molecular weight excluding hydrogens is 364 g/mol. The van der Waals surface area contributed by atoms with Gasteiger partial charge in [-0.2, -0.15) is 0 Å². The van der Waals surface area contributed by atoms with E-state index in [0.717, 1.165) is 11.3 Å². The molecule has 1 aromatic carbocycles. The number of anilines is 2. The van der Waals surface area contributed by atoms with Crippen LogP contribution < -0.4 is 21.3 Å². The smallest absolute Gasteiger partial charge is 0.274 e. The third-order valence-corrected chi connectivity index (χ3v) is 4.40. The second kappa shape index (κ2) is 9.36. The largest absolute Gasteiger partial charge is 0.397 e. The predicted molar refractivity (Wildman–Crippen MR) is 120 cm³/mol. The first kappa shape index (κ1) is 19.9. The summed E-state index contributed by atoms with van der Waals surface area (Å²) in [6, 6.07) is 5.52. The van der Waals surface area contributed by atoms with Crippen LogP contribution in [0.5, 0.6) is 0 Å². The molecule has 0 spiro atoms. The number of benzene rings is 1. The average molecular weight is 388 g/mol. The van der Waals surface area contributed by atoms with Crippen LogP contribution in [-0.4, -0.2) is 32.6 Å². The summed E-state index contributed by atoms with van der Waals surface area (Å²) >= 11 is 0. The number of carbonyl (C=O) groups is 1. The van der Waals surface area contributed by atoms with Crippen molar-refractivity contribution in [2.24, 2.45) is 15.9 Å². The summed E-state index contributed by atoms with van der Waals surface area (Å²) in [4.78, 5) is 23.0. The third kappa shape index (κ3) is 4.90. The Morgan fingerprint density at radius 2 is 2.17 bits per heavy atom. The molecule has 1 aromatic rings. The van der Waals surface area contributed by atoms with Crippen molar-refractivity contribution in [2.75, 3.05) is 24.7 Å². The number of allylic oxidation sites excluding steroid dienone is 7. The van der Waals surface area contributed by atoms with Crippen LogP contribution in [0.4, 0.5) is 17.1 Å². The van der Waals surface area contributed by atoms with Gasteiger partial charge in [0.1, 0.15) is 11.4 Å². The first-order valence-corrected chi connectivity index (χ1v) is 9.19. The second-order valence-electron chi connectivity index (χ2n) is 6.43. The maximum Gasteiger partial charge on any atom is 0.274 e. The number of nitrogens with one attached hydrogen (secondary N) is 2. The minimum absolute atomic E-state index is 0.0862. The molecule has 0 aromatic heterocycles. The minimum atomic E-state index is -0.332. The number of fused-ring (bicyclic) bond motifs is 1. The van der Waals surface area contributed by atoms with Crippen molar-refractivity contribution >= 4 is 35.5 Å². The molecule has 0 saturated carbocycles. The van der Waals surface area contributed by atoms with E-state index in [1.54, 1.807) is 24.6 Å². The molecule has 3 rings (SSSR count). The lowest BCUT2D eigenvalue weighted by molar-refractivity contribution is -0.116. The van der Waals surface area contributed by atoms with Gasteiger partial charge in [-0.15, -0.1) is 0 Å². The number of nitrogen functional groups attached to an aromatic ring is 1. The van der Waals surface area contributed by atoms with Crippen LogP contribution in [0, 0.1) is 5.92 Å². The van der Waals surface area contributed by atoms with Gasteiger partial charge in [0, 0.05) is 38.6 Å². The molecule has 7 nitrogen and oxygen atoms in total. The van der Waals surface area contributed by atoms with Gasteiger partial charge >= 0.3 is 0 Å². The van der Waals surface area contributed by atoms with E-state index in [0.29, 0.717) is 17.1 Å². The van der Waals surface area contributed by atoms with E-state index in [1.165, 1.54) is 6.34 Å². The van der Waals surface area contributed by atoms with Crippen molar-refractivity contribution in [3.63, 3.8) is 0 Å². The highest BCUT2D eigenvalue weighted by Gasteiger charge is 2.17. The van der Waals surface area contributed by atoms with Gasteiger partial charge in [0.15, 0.2) is 0 Å². The molecule has 1 atom stereocenters. The van der Waals surface area contributed by atoms with Gasteiger partial charge in [-0.1, -0.05) is 36.4 Å². The first-order valence-electron chi connectivity index (χ1n) is 9.19. The van der Waals surface area contributed by atoms with Crippen LogP contribution >= 0.6 is 0 Å². The van der Waals surface area contributed by atoms with Crippen LogP contribution in [0.25, 0.3) is 0 Å². The van der Waals surface area contributed by atoms with Crippen LogP contribution in [0.15, 0.2) is 88.3 Å². The van der Waals surface area contributed by atoms with Crippen molar-refractivity contribution in [1.82, 2.24) is 10.6 Å². The maximum absolute atomic E-state index is 12.5. The SMILES string of the molecule is CN/C=C\N(C)c1cccc(N)c1N=CNC(=O)C1=CC2=CC=CC=CC2C=N1. The van der Waals surface area contributed by atoms with E-state index in [1.807, 2.05) is 67.7 Å².